The van der Waals surface area contributed by atoms with Gasteiger partial charge in [0, 0.05) is 5.69 Å². The molecule has 3 rings (SSSR count). The molecule has 4 nitrogen and oxygen atoms in total. The molecule has 0 unspecified atom stereocenters. The summed E-state index contributed by atoms with van der Waals surface area (Å²) < 4.78 is 0.670. The lowest BCUT2D eigenvalue weighted by Gasteiger charge is -2.09. The number of nitrogens with one attached hydrogen (secondary N) is 1. The number of hydrogen-bond acceptors (Lipinski definition) is 4. The summed E-state index contributed by atoms with van der Waals surface area (Å²) in [5, 5.41) is 5.60. The van der Waals surface area contributed by atoms with Crippen LogP contribution in [0.2, 0.25) is 0 Å². The molecule has 0 aliphatic carbocycles. The largest absolute Gasteiger partial charge is 0.383 e. The van der Waals surface area contributed by atoms with E-state index in [9.17, 15) is 0 Å². The van der Waals surface area contributed by atoms with Crippen LogP contribution in [0.25, 0.3) is 10.8 Å². The monoisotopic (exact) mass is 314 g/mol. The summed E-state index contributed by atoms with van der Waals surface area (Å²) in [4.78, 5) is 8.08. The minimum atomic E-state index is 0.415. The molecule has 5 heteroatoms. The van der Waals surface area contributed by atoms with Gasteiger partial charge in [0.25, 0.3) is 0 Å². The molecule has 0 aliphatic heterocycles. The van der Waals surface area contributed by atoms with Gasteiger partial charge < -0.3 is 11.1 Å². The van der Waals surface area contributed by atoms with Crippen molar-refractivity contribution in [3.63, 3.8) is 0 Å². The summed E-state index contributed by atoms with van der Waals surface area (Å²) >= 11 is 3.37. The molecule has 1 heterocycles. The van der Waals surface area contributed by atoms with Crippen LogP contribution in [0, 0.1) is 0 Å². The Morgan fingerprint density at radius 2 is 1.79 bits per heavy atom. The van der Waals surface area contributed by atoms with Crippen LogP contribution in [0.4, 0.5) is 17.3 Å². The predicted molar refractivity (Wildman–Crippen MR) is 81.4 cm³/mol. The fourth-order valence-corrected chi connectivity index (χ4v) is 2.18. The normalized spacial score (nSPS) is 10.6. The van der Waals surface area contributed by atoms with Gasteiger partial charge >= 0.3 is 0 Å². The number of nitrogens with zero attached hydrogens (tertiary/aromatic N) is 2. The highest BCUT2D eigenvalue weighted by molar-refractivity contribution is 9.10. The zero-order valence-electron chi connectivity index (χ0n) is 9.97. The van der Waals surface area contributed by atoms with Gasteiger partial charge in [0.1, 0.15) is 22.4 Å². The number of hydrogen-bond donors (Lipinski definition) is 2. The molecular weight excluding hydrogens is 304 g/mol. The number of nitrogen functional groups attached to an aromatic ring is 1. The van der Waals surface area contributed by atoms with Crippen molar-refractivity contribution in [3.8, 4) is 0 Å². The van der Waals surface area contributed by atoms with Gasteiger partial charge in [-0.3, -0.25) is 0 Å². The van der Waals surface area contributed by atoms with E-state index in [-0.39, 0.29) is 0 Å². The first kappa shape index (κ1) is 11.9. The highest BCUT2D eigenvalue weighted by atomic mass is 79.9. The molecule has 0 bridgehead atoms. The molecule has 94 valence electrons. The number of nitrogens with two attached hydrogens (primary N) is 1. The van der Waals surface area contributed by atoms with E-state index in [2.05, 4.69) is 55.5 Å². The first-order valence-corrected chi connectivity index (χ1v) is 6.55. The number of aromatic nitrogens is 2. The summed E-state index contributed by atoms with van der Waals surface area (Å²) in [5.41, 5.74) is 6.68. The highest BCUT2D eigenvalue weighted by Crippen LogP contribution is 2.28. The molecule has 0 saturated heterocycles. The summed E-state index contributed by atoms with van der Waals surface area (Å²) in [7, 11) is 0. The molecule has 0 aliphatic rings. The smallest absolute Gasteiger partial charge is 0.150 e. The molecule has 0 spiro atoms. The number of halogens is 1. The molecule has 0 amide bonds. The lowest BCUT2D eigenvalue weighted by atomic mass is 10.1. The minimum absolute atomic E-state index is 0.415. The maximum Gasteiger partial charge on any atom is 0.150 e. The average molecular weight is 315 g/mol. The third-order valence-electron chi connectivity index (χ3n) is 2.83. The second-order valence-corrected chi connectivity index (χ2v) is 4.90. The van der Waals surface area contributed by atoms with E-state index in [0.29, 0.717) is 16.1 Å². The van der Waals surface area contributed by atoms with E-state index in [1.807, 2.05) is 18.2 Å². The van der Waals surface area contributed by atoms with Crippen LogP contribution in [0.3, 0.4) is 0 Å². The van der Waals surface area contributed by atoms with Gasteiger partial charge in [-0.05, 0) is 38.8 Å². The Morgan fingerprint density at radius 1 is 1.00 bits per heavy atom. The first-order chi connectivity index (χ1) is 9.24. The van der Waals surface area contributed by atoms with Crippen LogP contribution in [0.15, 0.2) is 53.3 Å². The van der Waals surface area contributed by atoms with E-state index in [1.165, 1.54) is 17.1 Å². The summed E-state index contributed by atoms with van der Waals surface area (Å²) in [6.07, 6.45) is 1.43. The van der Waals surface area contributed by atoms with E-state index in [0.717, 1.165) is 5.69 Å². The van der Waals surface area contributed by atoms with Gasteiger partial charge in [-0.2, -0.15) is 0 Å². The Kier molecular flexibility index (Phi) is 3.05. The SMILES string of the molecule is Nc1ncnc(Nc2ccc3ccccc3c2)c1Br. The molecule has 2 aromatic carbocycles. The standard InChI is InChI=1S/C14H11BrN4/c15-12-13(16)17-8-18-14(12)19-11-6-5-9-3-1-2-4-10(9)7-11/h1-8H,(H3,16,17,18,19). The molecular formula is C14H11BrN4. The fraction of sp³-hybridized carbons (Fsp3) is 0. The zero-order chi connectivity index (χ0) is 13.2. The maximum absolute atomic E-state index is 5.73. The van der Waals surface area contributed by atoms with Crippen molar-refractivity contribution >= 4 is 44.0 Å². The van der Waals surface area contributed by atoms with Crippen LogP contribution in [0.5, 0.6) is 0 Å². The van der Waals surface area contributed by atoms with Gasteiger partial charge in [-0.15, -0.1) is 0 Å². The molecule has 0 atom stereocenters. The van der Waals surface area contributed by atoms with Gasteiger partial charge in [0.15, 0.2) is 0 Å². The predicted octanol–water partition coefficient (Wildman–Crippen LogP) is 3.72. The van der Waals surface area contributed by atoms with Crippen molar-refractivity contribution in [1.29, 1.82) is 0 Å². The summed E-state index contributed by atoms with van der Waals surface area (Å²) in [6.45, 7) is 0. The number of anilines is 3. The Hall–Kier alpha value is -2.14. The summed E-state index contributed by atoms with van der Waals surface area (Å²) in [5.74, 6) is 1.07. The molecule has 19 heavy (non-hydrogen) atoms. The topological polar surface area (TPSA) is 63.8 Å². The van der Waals surface area contributed by atoms with Crippen LogP contribution in [0.1, 0.15) is 0 Å². The second kappa shape index (κ2) is 4.85. The van der Waals surface area contributed by atoms with Crippen molar-refractivity contribution in [2.45, 2.75) is 0 Å². The lowest BCUT2D eigenvalue weighted by Crippen LogP contribution is -1.99. The maximum atomic E-state index is 5.73. The lowest BCUT2D eigenvalue weighted by molar-refractivity contribution is 1.16. The summed E-state index contributed by atoms with van der Waals surface area (Å²) in [6, 6.07) is 14.3. The van der Waals surface area contributed by atoms with E-state index < -0.39 is 0 Å². The Morgan fingerprint density at radius 3 is 2.63 bits per heavy atom. The Balaban J connectivity index is 1.99. The van der Waals surface area contributed by atoms with Gasteiger partial charge in [-0.25, -0.2) is 9.97 Å². The van der Waals surface area contributed by atoms with Crippen molar-refractivity contribution < 1.29 is 0 Å². The fourth-order valence-electron chi connectivity index (χ4n) is 1.87. The van der Waals surface area contributed by atoms with Crippen molar-refractivity contribution in [2.75, 3.05) is 11.1 Å². The van der Waals surface area contributed by atoms with Crippen molar-refractivity contribution in [3.05, 3.63) is 53.3 Å². The molecule has 0 fully saturated rings. The second-order valence-electron chi connectivity index (χ2n) is 4.11. The van der Waals surface area contributed by atoms with Gasteiger partial charge in [0.2, 0.25) is 0 Å². The highest BCUT2D eigenvalue weighted by Gasteiger charge is 2.06. The third kappa shape index (κ3) is 2.37. The van der Waals surface area contributed by atoms with E-state index in [4.69, 9.17) is 5.73 Å². The Bertz CT molecular complexity index is 742. The number of benzene rings is 2. The average Bonchev–Trinajstić information content (AvgIpc) is 2.44. The van der Waals surface area contributed by atoms with Crippen LogP contribution < -0.4 is 11.1 Å². The van der Waals surface area contributed by atoms with Crippen molar-refractivity contribution in [1.82, 2.24) is 9.97 Å². The minimum Gasteiger partial charge on any atom is -0.383 e. The zero-order valence-corrected chi connectivity index (χ0v) is 11.6. The molecule has 3 aromatic rings. The van der Waals surface area contributed by atoms with Gasteiger partial charge in [0.05, 0.1) is 0 Å². The number of rotatable bonds is 2. The van der Waals surface area contributed by atoms with Crippen molar-refractivity contribution in [2.24, 2.45) is 0 Å². The molecule has 3 N–H and O–H groups in total. The number of fused-ring (bicyclic) bond motifs is 1. The van der Waals surface area contributed by atoms with E-state index >= 15 is 0 Å². The van der Waals surface area contributed by atoms with Gasteiger partial charge in [-0.1, -0.05) is 30.3 Å². The van der Waals surface area contributed by atoms with Crippen LogP contribution in [-0.4, -0.2) is 9.97 Å². The van der Waals surface area contributed by atoms with E-state index in [1.54, 1.807) is 0 Å². The third-order valence-corrected chi connectivity index (χ3v) is 3.61. The molecule has 0 saturated carbocycles. The first-order valence-electron chi connectivity index (χ1n) is 5.76. The Labute approximate surface area is 118 Å². The molecule has 0 radical (unpaired) electrons. The van der Waals surface area contributed by atoms with Crippen LogP contribution in [-0.2, 0) is 0 Å². The quantitative estimate of drug-likeness (QED) is 0.756. The van der Waals surface area contributed by atoms with Crippen LogP contribution >= 0.6 is 15.9 Å². The molecule has 1 aromatic heterocycles.